The minimum absolute atomic E-state index is 0.0192. The molecule has 7 heteroatoms. The molecule has 7 nitrogen and oxygen atoms in total. The molecule has 0 spiro atoms. The predicted molar refractivity (Wildman–Crippen MR) is 74.8 cm³/mol. The molecule has 1 aromatic heterocycles. The highest BCUT2D eigenvalue weighted by molar-refractivity contribution is 5.80. The van der Waals surface area contributed by atoms with Gasteiger partial charge in [-0.05, 0) is 26.7 Å². The summed E-state index contributed by atoms with van der Waals surface area (Å²) >= 11 is 0. The van der Waals surface area contributed by atoms with E-state index in [1.54, 1.807) is 6.92 Å². The summed E-state index contributed by atoms with van der Waals surface area (Å²) in [6.45, 7) is 3.62. The number of nitrogens with zero attached hydrogens (tertiary/aromatic N) is 2. The molecule has 1 aromatic rings. The van der Waals surface area contributed by atoms with Gasteiger partial charge in [-0.1, -0.05) is 18.0 Å². The van der Waals surface area contributed by atoms with Gasteiger partial charge in [0.2, 0.25) is 0 Å². The summed E-state index contributed by atoms with van der Waals surface area (Å²) in [5.74, 6) is -0.326. The molecular weight excluding hydrogens is 274 g/mol. The number of urea groups is 1. The van der Waals surface area contributed by atoms with Gasteiger partial charge in [0.1, 0.15) is 12.3 Å². The molecule has 0 aliphatic heterocycles. The summed E-state index contributed by atoms with van der Waals surface area (Å²) in [6, 6.07) is -0.324. The van der Waals surface area contributed by atoms with E-state index in [1.165, 1.54) is 4.90 Å². The van der Waals surface area contributed by atoms with E-state index in [9.17, 15) is 9.59 Å². The van der Waals surface area contributed by atoms with Crippen molar-refractivity contribution in [2.24, 2.45) is 0 Å². The lowest BCUT2D eigenvalue weighted by Crippen LogP contribution is -2.47. The topological polar surface area (TPSA) is 95.7 Å². The molecule has 0 unspecified atom stereocenters. The second kappa shape index (κ2) is 6.60. The number of hydrogen-bond donors (Lipinski definition) is 2. The van der Waals surface area contributed by atoms with Crippen LogP contribution in [0.1, 0.15) is 42.7 Å². The van der Waals surface area contributed by atoms with Crippen LogP contribution in [-0.4, -0.2) is 39.8 Å². The van der Waals surface area contributed by atoms with E-state index < -0.39 is 5.97 Å². The monoisotopic (exact) mass is 295 g/mol. The zero-order valence-corrected chi connectivity index (χ0v) is 12.4. The number of aliphatic carboxylic acids is 1. The number of aryl methyl sites for hydroxylation is 2. The molecule has 116 valence electrons. The summed E-state index contributed by atoms with van der Waals surface area (Å²) in [6.07, 6.45) is 3.81. The minimum atomic E-state index is -0.991. The van der Waals surface area contributed by atoms with Gasteiger partial charge in [0.25, 0.3) is 0 Å². The molecular formula is C14H21N3O4. The van der Waals surface area contributed by atoms with E-state index in [0.717, 1.165) is 36.9 Å². The second-order valence-corrected chi connectivity index (χ2v) is 5.42. The van der Waals surface area contributed by atoms with Crippen molar-refractivity contribution in [3.63, 3.8) is 0 Å². The van der Waals surface area contributed by atoms with Gasteiger partial charge >= 0.3 is 12.0 Å². The lowest BCUT2D eigenvalue weighted by atomic mass is 10.2. The Labute approximate surface area is 123 Å². The molecule has 1 fully saturated rings. The van der Waals surface area contributed by atoms with Gasteiger partial charge in [-0.15, -0.1) is 0 Å². The van der Waals surface area contributed by atoms with Crippen molar-refractivity contribution in [3.8, 4) is 0 Å². The van der Waals surface area contributed by atoms with Crippen LogP contribution in [0.2, 0.25) is 0 Å². The second-order valence-electron chi connectivity index (χ2n) is 5.42. The Kier molecular flexibility index (Phi) is 4.82. The molecule has 1 saturated carbocycles. The highest BCUT2D eigenvalue weighted by Crippen LogP contribution is 2.23. The molecule has 1 heterocycles. The number of hydrogen-bond acceptors (Lipinski definition) is 4. The number of carbonyl (C=O) groups excluding carboxylic acids is 1. The Morgan fingerprint density at radius 2 is 2.05 bits per heavy atom. The van der Waals surface area contributed by atoms with Gasteiger partial charge in [-0.25, -0.2) is 4.79 Å². The highest BCUT2D eigenvalue weighted by Gasteiger charge is 2.28. The van der Waals surface area contributed by atoms with Crippen LogP contribution in [0.25, 0.3) is 0 Å². The Balaban J connectivity index is 1.99. The van der Waals surface area contributed by atoms with Gasteiger partial charge in [0.05, 0.1) is 5.69 Å². The van der Waals surface area contributed by atoms with E-state index in [1.807, 2.05) is 6.92 Å². The van der Waals surface area contributed by atoms with Crippen LogP contribution < -0.4 is 5.32 Å². The molecule has 0 bridgehead atoms. The number of aromatic nitrogens is 1. The minimum Gasteiger partial charge on any atom is -0.480 e. The zero-order chi connectivity index (χ0) is 15.4. The molecule has 1 aliphatic carbocycles. The first kappa shape index (κ1) is 15.3. The number of rotatable bonds is 5. The van der Waals surface area contributed by atoms with Crippen LogP contribution in [0.5, 0.6) is 0 Å². The van der Waals surface area contributed by atoms with Crippen molar-refractivity contribution in [2.75, 3.05) is 6.54 Å². The van der Waals surface area contributed by atoms with Crippen molar-refractivity contribution in [3.05, 3.63) is 17.0 Å². The number of nitrogens with one attached hydrogen (secondary N) is 1. The molecule has 0 atom stereocenters. The number of carboxylic acids is 1. The Bertz CT molecular complexity index is 501. The summed E-state index contributed by atoms with van der Waals surface area (Å²) < 4.78 is 5.04. The summed E-state index contributed by atoms with van der Waals surface area (Å²) in [7, 11) is 0. The summed E-state index contributed by atoms with van der Waals surface area (Å²) in [4.78, 5) is 24.7. The molecule has 0 saturated heterocycles. The fourth-order valence-corrected chi connectivity index (χ4v) is 2.75. The fraction of sp³-hybridized carbons (Fsp3) is 0.643. The maximum absolute atomic E-state index is 12.3. The summed E-state index contributed by atoms with van der Waals surface area (Å²) in [5.41, 5.74) is 1.57. The van der Waals surface area contributed by atoms with Crippen LogP contribution in [-0.2, 0) is 11.3 Å². The third-order valence-corrected chi connectivity index (χ3v) is 3.93. The molecule has 21 heavy (non-hydrogen) atoms. The van der Waals surface area contributed by atoms with Crippen LogP contribution in [0.15, 0.2) is 4.52 Å². The van der Waals surface area contributed by atoms with E-state index >= 15 is 0 Å². The molecule has 2 rings (SSSR count). The number of amides is 2. The number of carboxylic acid groups (broad SMARTS) is 1. The molecule has 2 N–H and O–H groups in total. The van der Waals surface area contributed by atoms with Gasteiger partial charge in [-0.3, -0.25) is 4.79 Å². The Hall–Kier alpha value is -2.05. The lowest BCUT2D eigenvalue weighted by molar-refractivity contribution is -0.138. The van der Waals surface area contributed by atoms with Crippen LogP contribution >= 0.6 is 0 Å². The lowest BCUT2D eigenvalue weighted by Gasteiger charge is -2.27. The van der Waals surface area contributed by atoms with Crippen LogP contribution in [0, 0.1) is 13.8 Å². The van der Waals surface area contributed by atoms with Crippen molar-refractivity contribution in [1.82, 2.24) is 15.4 Å². The SMILES string of the molecule is Cc1noc(C)c1CNC(=O)N(CC(=O)O)C1CCCC1. The summed E-state index contributed by atoms with van der Waals surface area (Å²) in [5, 5.41) is 15.6. The van der Waals surface area contributed by atoms with Crippen molar-refractivity contribution >= 4 is 12.0 Å². The van der Waals surface area contributed by atoms with Crippen molar-refractivity contribution in [1.29, 1.82) is 0 Å². The highest BCUT2D eigenvalue weighted by atomic mass is 16.5. The van der Waals surface area contributed by atoms with E-state index in [-0.39, 0.29) is 18.6 Å². The third kappa shape index (κ3) is 3.74. The predicted octanol–water partition coefficient (Wildman–Crippen LogP) is 1.83. The maximum Gasteiger partial charge on any atom is 0.323 e. The molecule has 0 aromatic carbocycles. The van der Waals surface area contributed by atoms with Crippen molar-refractivity contribution < 1.29 is 19.2 Å². The van der Waals surface area contributed by atoms with Crippen LogP contribution in [0.3, 0.4) is 0 Å². The van der Waals surface area contributed by atoms with Gasteiger partial charge < -0.3 is 19.8 Å². The van der Waals surface area contributed by atoms with Gasteiger partial charge in [-0.2, -0.15) is 0 Å². The smallest absolute Gasteiger partial charge is 0.323 e. The first-order valence-corrected chi connectivity index (χ1v) is 7.17. The average molecular weight is 295 g/mol. The quantitative estimate of drug-likeness (QED) is 0.864. The number of carbonyl (C=O) groups is 2. The fourth-order valence-electron chi connectivity index (χ4n) is 2.75. The first-order chi connectivity index (χ1) is 9.99. The first-order valence-electron chi connectivity index (χ1n) is 7.17. The van der Waals surface area contributed by atoms with E-state index in [4.69, 9.17) is 9.63 Å². The normalized spacial score (nSPS) is 15.1. The zero-order valence-electron chi connectivity index (χ0n) is 12.4. The van der Waals surface area contributed by atoms with Crippen molar-refractivity contribution in [2.45, 2.75) is 52.1 Å². The molecule has 2 amide bonds. The maximum atomic E-state index is 12.3. The third-order valence-electron chi connectivity index (χ3n) is 3.93. The van der Waals surface area contributed by atoms with E-state index in [0.29, 0.717) is 12.3 Å². The standard InChI is InChI=1S/C14H21N3O4/c1-9-12(10(2)21-16-9)7-15-14(20)17(8-13(18)19)11-5-3-4-6-11/h11H,3-8H2,1-2H3,(H,15,20)(H,18,19). The average Bonchev–Trinajstić information content (AvgIpc) is 3.05. The molecule has 1 aliphatic rings. The largest absolute Gasteiger partial charge is 0.480 e. The molecule has 0 radical (unpaired) electrons. The van der Waals surface area contributed by atoms with E-state index in [2.05, 4.69) is 10.5 Å². The Morgan fingerprint density at radius 3 is 2.57 bits per heavy atom. The Morgan fingerprint density at radius 1 is 1.38 bits per heavy atom. The van der Waals surface area contributed by atoms with Gasteiger partial charge in [0.15, 0.2) is 0 Å². The van der Waals surface area contributed by atoms with Crippen LogP contribution in [0.4, 0.5) is 4.79 Å². The van der Waals surface area contributed by atoms with Gasteiger partial charge in [0, 0.05) is 18.2 Å².